The fourth-order valence-corrected chi connectivity index (χ4v) is 3.39. The van der Waals surface area contributed by atoms with Crippen LogP contribution in [0.1, 0.15) is 22.7 Å². The Labute approximate surface area is 127 Å². The molecule has 1 aromatic rings. The molecule has 2 amide bonds. The number of fused-ring (bicyclic) bond motifs is 1. The van der Waals surface area contributed by atoms with E-state index in [1.165, 1.54) is 12.1 Å². The third kappa shape index (κ3) is 2.16. The highest BCUT2D eigenvalue weighted by Crippen LogP contribution is 2.42. The van der Waals surface area contributed by atoms with Gasteiger partial charge in [0.25, 0.3) is 5.91 Å². The van der Waals surface area contributed by atoms with E-state index in [1.807, 2.05) is 6.07 Å². The first-order valence-electron chi connectivity index (χ1n) is 7.20. The van der Waals surface area contributed by atoms with Gasteiger partial charge in [0.05, 0.1) is 12.0 Å². The molecule has 3 rings (SSSR count). The molecule has 0 bridgehead atoms. The van der Waals surface area contributed by atoms with Gasteiger partial charge in [-0.1, -0.05) is 0 Å². The molecule has 1 N–H and O–H groups in total. The average Bonchev–Trinajstić information content (AvgIpc) is 3.18. The van der Waals surface area contributed by atoms with Crippen LogP contribution in [0.4, 0.5) is 0 Å². The van der Waals surface area contributed by atoms with Crippen molar-refractivity contribution in [3.63, 3.8) is 0 Å². The predicted molar refractivity (Wildman–Crippen MR) is 74.8 cm³/mol. The lowest BCUT2D eigenvalue weighted by Crippen LogP contribution is -2.49. The van der Waals surface area contributed by atoms with Crippen LogP contribution in [0.2, 0.25) is 0 Å². The van der Waals surface area contributed by atoms with Gasteiger partial charge in [-0.05, 0) is 18.6 Å². The number of carbonyl (C=O) groups excluding carboxylic acids is 2. The summed E-state index contributed by atoms with van der Waals surface area (Å²) < 4.78 is 10.7. The fourth-order valence-electron chi connectivity index (χ4n) is 3.39. The number of rotatable bonds is 2. The monoisotopic (exact) mass is 303 g/mol. The van der Waals surface area contributed by atoms with Crippen molar-refractivity contribution in [3.8, 4) is 6.07 Å². The lowest BCUT2D eigenvalue weighted by atomic mass is 9.73. The molecule has 0 saturated carbocycles. The zero-order chi connectivity index (χ0) is 15.7. The van der Waals surface area contributed by atoms with E-state index in [4.69, 9.17) is 14.4 Å². The largest absolute Gasteiger partial charge is 0.440 e. The normalized spacial score (nSPS) is 27.1. The molecule has 7 heteroatoms. The maximum Gasteiger partial charge on any atom is 0.289 e. The molecular formula is C15H17N3O4. The topological polar surface area (TPSA) is 95.6 Å². The van der Waals surface area contributed by atoms with Crippen molar-refractivity contribution in [2.75, 3.05) is 33.4 Å². The van der Waals surface area contributed by atoms with E-state index in [-0.39, 0.29) is 29.3 Å². The van der Waals surface area contributed by atoms with Gasteiger partial charge in [-0.15, -0.1) is 0 Å². The number of furan rings is 1. The molecule has 0 radical (unpaired) electrons. The summed E-state index contributed by atoms with van der Waals surface area (Å²) in [5.74, 6) is -0.129. The van der Waals surface area contributed by atoms with Crippen molar-refractivity contribution >= 4 is 11.8 Å². The van der Waals surface area contributed by atoms with E-state index in [0.717, 1.165) is 0 Å². The first-order chi connectivity index (χ1) is 10.6. The molecule has 1 aromatic heterocycles. The average molecular weight is 303 g/mol. The summed E-state index contributed by atoms with van der Waals surface area (Å²) in [7, 11) is 1.61. The number of amides is 2. The summed E-state index contributed by atoms with van der Waals surface area (Å²) >= 11 is 0. The van der Waals surface area contributed by atoms with Gasteiger partial charge in [0.2, 0.25) is 11.7 Å². The second-order valence-corrected chi connectivity index (χ2v) is 5.72. The maximum absolute atomic E-state index is 12.5. The Hall–Kier alpha value is -2.33. The highest BCUT2D eigenvalue weighted by molar-refractivity contribution is 5.93. The van der Waals surface area contributed by atoms with Crippen LogP contribution in [0.3, 0.4) is 0 Å². The molecule has 0 spiro atoms. The maximum atomic E-state index is 12.5. The van der Waals surface area contributed by atoms with Gasteiger partial charge in [0.1, 0.15) is 6.07 Å². The zero-order valence-electron chi connectivity index (χ0n) is 12.3. The van der Waals surface area contributed by atoms with Crippen molar-refractivity contribution in [1.29, 1.82) is 5.26 Å². The summed E-state index contributed by atoms with van der Waals surface area (Å²) in [5.41, 5.74) is -0.590. The fraction of sp³-hybridized carbons (Fsp3) is 0.533. The lowest BCUT2D eigenvalue weighted by molar-refractivity contribution is -0.138. The van der Waals surface area contributed by atoms with E-state index in [9.17, 15) is 9.59 Å². The number of carbonyl (C=O) groups is 2. The minimum Gasteiger partial charge on any atom is -0.440 e. The van der Waals surface area contributed by atoms with Crippen LogP contribution in [0.25, 0.3) is 0 Å². The molecule has 2 aliphatic rings. The lowest BCUT2D eigenvalue weighted by Gasteiger charge is -2.36. The van der Waals surface area contributed by atoms with E-state index in [1.54, 1.807) is 11.9 Å². The van der Waals surface area contributed by atoms with Gasteiger partial charge in [0.15, 0.2) is 5.76 Å². The van der Waals surface area contributed by atoms with Crippen molar-refractivity contribution < 1.29 is 18.7 Å². The predicted octanol–water partition coefficient (Wildman–Crippen LogP) is 0.376. The second kappa shape index (κ2) is 5.46. The third-order valence-electron chi connectivity index (χ3n) is 4.60. The molecule has 116 valence electrons. The number of ether oxygens (including phenoxy) is 1. The summed E-state index contributed by atoms with van der Waals surface area (Å²) in [6.45, 7) is 1.79. The number of nitriles is 1. The zero-order valence-corrected chi connectivity index (χ0v) is 12.3. The van der Waals surface area contributed by atoms with Crippen LogP contribution in [0.15, 0.2) is 16.5 Å². The summed E-state index contributed by atoms with van der Waals surface area (Å²) in [6.07, 6.45) is 0.600. The van der Waals surface area contributed by atoms with Gasteiger partial charge in [-0.2, -0.15) is 5.26 Å². The Bertz CT molecular complexity index is 647. The highest BCUT2D eigenvalue weighted by atomic mass is 16.5. The Kier molecular flexibility index (Phi) is 3.62. The van der Waals surface area contributed by atoms with Crippen molar-refractivity contribution in [3.05, 3.63) is 23.7 Å². The van der Waals surface area contributed by atoms with Gasteiger partial charge in [-0.25, -0.2) is 0 Å². The van der Waals surface area contributed by atoms with Crippen molar-refractivity contribution in [1.82, 2.24) is 10.2 Å². The molecular weight excluding hydrogens is 286 g/mol. The Morgan fingerprint density at radius 3 is 3.00 bits per heavy atom. The molecule has 3 heterocycles. The Morgan fingerprint density at radius 1 is 1.50 bits per heavy atom. The van der Waals surface area contributed by atoms with Crippen molar-refractivity contribution in [2.45, 2.75) is 6.42 Å². The molecule has 22 heavy (non-hydrogen) atoms. The van der Waals surface area contributed by atoms with E-state index < -0.39 is 5.41 Å². The Balaban J connectivity index is 1.84. The minimum atomic E-state index is -0.590. The Morgan fingerprint density at radius 2 is 2.32 bits per heavy atom. The van der Waals surface area contributed by atoms with Gasteiger partial charge in [-0.3, -0.25) is 9.59 Å². The number of nitrogens with zero attached hydrogens (tertiary/aromatic N) is 2. The van der Waals surface area contributed by atoms with E-state index in [2.05, 4.69) is 5.32 Å². The smallest absolute Gasteiger partial charge is 0.289 e. The van der Waals surface area contributed by atoms with Crippen molar-refractivity contribution in [2.24, 2.45) is 11.3 Å². The van der Waals surface area contributed by atoms with Crippen LogP contribution < -0.4 is 5.32 Å². The molecule has 2 fully saturated rings. The SMILES string of the molecule is CNC(=O)[C@]12CCOC[C@H]1CN(C(=O)c1ccc(C#N)o1)C2. The summed E-state index contributed by atoms with van der Waals surface area (Å²) in [4.78, 5) is 26.5. The molecule has 2 aliphatic heterocycles. The van der Waals surface area contributed by atoms with Crippen LogP contribution in [-0.2, 0) is 9.53 Å². The molecule has 0 aliphatic carbocycles. The summed E-state index contributed by atoms with van der Waals surface area (Å²) in [5, 5.41) is 11.5. The molecule has 7 nitrogen and oxygen atoms in total. The number of hydrogen-bond acceptors (Lipinski definition) is 5. The first-order valence-corrected chi connectivity index (χ1v) is 7.20. The molecule has 2 atom stereocenters. The molecule has 0 unspecified atom stereocenters. The van der Waals surface area contributed by atoms with Crippen LogP contribution in [0, 0.1) is 22.7 Å². The number of hydrogen-bond donors (Lipinski definition) is 1. The summed E-state index contributed by atoms with van der Waals surface area (Å²) in [6, 6.07) is 4.81. The minimum absolute atomic E-state index is 0.0180. The molecule has 2 saturated heterocycles. The van der Waals surface area contributed by atoms with Crippen LogP contribution in [-0.4, -0.2) is 50.1 Å². The standard InChI is InChI=1S/C15H17N3O4/c1-17-14(20)15-4-5-21-8-10(15)7-18(9-15)13(19)12-3-2-11(6-16)22-12/h2-3,10H,4-5,7-9H2,1H3,(H,17,20)/t10-,15+/m1/s1. The highest BCUT2D eigenvalue weighted by Gasteiger charge is 2.54. The van der Waals surface area contributed by atoms with Crippen LogP contribution >= 0.6 is 0 Å². The van der Waals surface area contributed by atoms with Gasteiger partial charge in [0, 0.05) is 32.7 Å². The van der Waals surface area contributed by atoms with Gasteiger partial charge < -0.3 is 19.4 Å². The van der Waals surface area contributed by atoms with E-state index >= 15 is 0 Å². The van der Waals surface area contributed by atoms with Gasteiger partial charge >= 0.3 is 0 Å². The quantitative estimate of drug-likeness (QED) is 0.852. The number of nitrogens with one attached hydrogen (secondary N) is 1. The third-order valence-corrected chi connectivity index (χ3v) is 4.60. The number of likely N-dealkylation sites (tertiary alicyclic amines) is 1. The molecule has 0 aromatic carbocycles. The first kappa shape index (κ1) is 14.6. The van der Waals surface area contributed by atoms with E-state index in [0.29, 0.717) is 32.7 Å². The van der Waals surface area contributed by atoms with Crippen LogP contribution in [0.5, 0.6) is 0 Å². The second-order valence-electron chi connectivity index (χ2n) is 5.72.